The summed E-state index contributed by atoms with van der Waals surface area (Å²) in [6.07, 6.45) is 0. The minimum absolute atomic E-state index is 0.0766. The van der Waals surface area contributed by atoms with Crippen LogP contribution < -0.4 is 15.4 Å². The topological polar surface area (TPSA) is 70.7 Å². The Morgan fingerprint density at radius 2 is 1.96 bits per heavy atom. The molecule has 0 heterocycles. The summed E-state index contributed by atoms with van der Waals surface area (Å²) in [4.78, 5) is 25.3. The second-order valence-electron chi connectivity index (χ2n) is 6.38. The average molecular weight is 342 g/mol. The maximum absolute atomic E-state index is 11.9. The zero-order valence-electron chi connectivity index (χ0n) is 14.2. The number of nitrogens with zero attached hydrogens (tertiary/aromatic N) is 1. The number of carbonyl (C=O) groups is 2. The van der Waals surface area contributed by atoms with E-state index in [1.165, 1.54) is 0 Å². The standard InChI is InChI=1S/C16H24ClN3O3/c1-16(2,3)19-15(22)18-14(21)10-20(4)9-11-8-12(17)6-7-13(11)23-5/h6-8H,9-10H2,1-5H3,(H2,18,19,21,22). The second-order valence-corrected chi connectivity index (χ2v) is 6.82. The third-order valence-electron chi connectivity index (χ3n) is 2.84. The molecule has 0 saturated carbocycles. The van der Waals surface area contributed by atoms with Crippen molar-refractivity contribution in [1.82, 2.24) is 15.5 Å². The van der Waals surface area contributed by atoms with Crippen molar-refractivity contribution in [2.24, 2.45) is 0 Å². The van der Waals surface area contributed by atoms with Crippen LogP contribution in [0.2, 0.25) is 5.02 Å². The molecule has 2 N–H and O–H groups in total. The molecular formula is C16H24ClN3O3. The van der Waals surface area contributed by atoms with Gasteiger partial charge in [-0.1, -0.05) is 11.6 Å². The molecule has 128 valence electrons. The number of hydrogen-bond donors (Lipinski definition) is 2. The molecule has 3 amide bonds. The Balaban J connectivity index is 2.56. The molecule has 0 aliphatic carbocycles. The number of halogens is 1. The number of nitrogens with one attached hydrogen (secondary N) is 2. The van der Waals surface area contributed by atoms with Crippen LogP contribution in [0.25, 0.3) is 0 Å². The van der Waals surface area contributed by atoms with Crippen LogP contribution in [0.3, 0.4) is 0 Å². The number of amides is 3. The number of carbonyl (C=O) groups excluding carboxylic acids is 2. The summed E-state index contributed by atoms with van der Waals surface area (Å²) in [5.41, 5.74) is 0.471. The van der Waals surface area contributed by atoms with Crippen molar-refractivity contribution >= 4 is 23.5 Å². The van der Waals surface area contributed by atoms with Crippen LogP contribution in [0.1, 0.15) is 26.3 Å². The molecule has 0 bridgehead atoms. The van der Waals surface area contributed by atoms with Gasteiger partial charge in [-0.05, 0) is 46.0 Å². The monoisotopic (exact) mass is 341 g/mol. The number of urea groups is 1. The van der Waals surface area contributed by atoms with Crippen LogP contribution in [-0.4, -0.2) is 43.1 Å². The maximum atomic E-state index is 11.9. The maximum Gasteiger partial charge on any atom is 0.321 e. The molecule has 0 aliphatic heterocycles. The second kappa shape index (κ2) is 8.17. The van der Waals surface area contributed by atoms with Crippen molar-refractivity contribution in [3.63, 3.8) is 0 Å². The summed E-state index contributed by atoms with van der Waals surface area (Å²) in [7, 11) is 3.36. The van der Waals surface area contributed by atoms with Crippen LogP contribution in [0, 0.1) is 0 Å². The van der Waals surface area contributed by atoms with Crippen molar-refractivity contribution in [3.8, 4) is 5.75 Å². The van der Waals surface area contributed by atoms with E-state index in [-0.39, 0.29) is 12.5 Å². The van der Waals surface area contributed by atoms with Gasteiger partial charge < -0.3 is 10.1 Å². The Labute approximate surface area is 142 Å². The van der Waals surface area contributed by atoms with E-state index < -0.39 is 11.6 Å². The molecule has 0 spiro atoms. The van der Waals surface area contributed by atoms with E-state index in [0.29, 0.717) is 17.3 Å². The van der Waals surface area contributed by atoms with Gasteiger partial charge in [-0.15, -0.1) is 0 Å². The van der Waals surface area contributed by atoms with E-state index >= 15 is 0 Å². The molecule has 0 radical (unpaired) electrons. The Bertz CT molecular complexity index is 570. The molecule has 0 saturated heterocycles. The summed E-state index contributed by atoms with van der Waals surface area (Å²) < 4.78 is 5.28. The van der Waals surface area contributed by atoms with Crippen LogP contribution in [0.15, 0.2) is 18.2 Å². The van der Waals surface area contributed by atoms with Gasteiger partial charge in [-0.3, -0.25) is 15.0 Å². The molecule has 1 aromatic carbocycles. The Kier molecular flexibility index (Phi) is 6.84. The summed E-state index contributed by atoms with van der Waals surface area (Å²) in [6, 6.07) is 4.81. The fourth-order valence-electron chi connectivity index (χ4n) is 2.00. The minimum atomic E-state index is -0.503. The number of rotatable bonds is 5. The number of likely N-dealkylation sites (N-methyl/N-ethyl adjacent to an activating group) is 1. The van der Waals surface area contributed by atoms with Gasteiger partial charge in [-0.2, -0.15) is 0 Å². The lowest BCUT2D eigenvalue weighted by atomic mass is 10.1. The molecule has 0 aromatic heterocycles. The lowest BCUT2D eigenvalue weighted by Crippen LogP contribution is -2.50. The first kappa shape index (κ1) is 19.3. The fraction of sp³-hybridized carbons (Fsp3) is 0.500. The summed E-state index contributed by atoms with van der Waals surface area (Å²) >= 11 is 5.99. The number of methoxy groups -OCH3 is 1. The van der Waals surface area contributed by atoms with Crippen molar-refractivity contribution in [3.05, 3.63) is 28.8 Å². The van der Waals surface area contributed by atoms with E-state index in [2.05, 4.69) is 10.6 Å². The molecule has 1 aromatic rings. The lowest BCUT2D eigenvalue weighted by Gasteiger charge is -2.21. The van der Waals surface area contributed by atoms with Gasteiger partial charge in [0, 0.05) is 22.7 Å². The van der Waals surface area contributed by atoms with Gasteiger partial charge >= 0.3 is 6.03 Å². The van der Waals surface area contributed by atoms with E-state index in [0.717, 1.165) is 5.56 Å². The number of benzene rings is 1. The zero-order chi connectivity index (χ0) is 17.6. The smallest absolute Gasteiger partial charge is 0.321 e. The first-order valence-corrected chi connectivity index (χ1v) is 7.61. The van der Waals surface area contributed by atoms with E-state index in [1.807, 2.05) is 20.8 Å². The van der Waals surface area contributed by atoms with Crippen LogP contribution in [0.5, 0.6) is 5.75 Å². The lowest BCUT2D eigenvalue weighted by molar-refractivity contribution is -0.121. The van der Waals surface area contributed by atoms with Crippen molar-refractivity contribution in [1.29, 1.82) is 0 Å². The summed E-state index contributed by atoms with van der Waals surface area (Å²) in [5, 5.41) is 5.58. The molecule has 0 atom stereocenters. The SMILES string of the molecule is COc1ccc(Cl)cc1CN(C)CC(=O)NC(=O)NC(C)(C)C. The molecule has 23 heavy (non-hydrogen) atoms. The molecule has 7 heteroatoms. The number of ether oxygens (including phenoxy) is 1. The predicted octanol–water partition coefficient (Wildman–Crippen LogP) is 2.40. The number of imide groups is 1. The highest BCUT2D eigenvalue weighted by molar-refractivity contribution is 6.30. The zero-order valence-corrected chi connectivity index (χ0v) is 15.0. The summed E-state index contributed by atoms with van der Waals surface area (Å²) in [5.74, 6) is 0.322. The Morgan fingerprint density at radius 3 is 2.52 bits per heavy atom. The van der Waals surface area contributed by atoms with Gasteiger partial charge in [-0.25, -0.2) is 4.79 Å². The van der Waals surface area contributed by atoms with Crippen molar-refractivity contribution < 1.29 is 14.3 Å². The molecular weight excluding hydrogens is 318 g/mol. The van der Waals surface area contributed by atoms with Gasteiger partial charge in [0.15, 0.2) is 0 Å². The third-order valence-corrected chi connectivity index (χ3v) is 3.07. The first-order chi connectivity index (χ1) is 10.6. The average Bonchev–Trinajstić information content (AvgIpc) is 2.35. The predicted molar refractivity (Wildman–Crippen MR) is 90.8 cm³/mol. The first-order valence-electron chi connectivity index (χ1n) is 7.23. The van der Waals surface area contributed by atoms with Crippen LogP contribution >= 0.6 is 11.6 Å². The molecule has 6 nitrogen and oxygen atoms in total. The van der Waals surface area contributed by atoms with Crippen LogP contribution in [-0.2, 0) is 11.3 Å². The highest BCUT2D eigenvalue weighted by atomic mass is 35.5. The molecule has 0 unspecified atom stereocenters. The van der Waals surface area contributed by atoms with Crippen molar-refractivity contribution in [2.75, 3.05) is 20.7 Å². The molecule has 0 fully saturated rings. The quantitative estimate of drug-likeness (QED) is 0.862. The van der Waals surface area contributed by atoms with Gasteiger partial charge in [0.05, 0.1) is 13.7 Å². The normalized spacial score (nSPS) is 11.3. The number of hydrogen-bond acceptors (Lipinski definition) is 4. The Morgan fingerprint density at radius 1 is 1.30 bits per heavy atom. The van der Waals surface area contributed by atoms with Gasteiger partial charge in [0.2, 0.25) is 5.91 Å². The highest BCUT2D eigenvalue weighted by Gasteiger charge is 2.17. The Hall–Kier alpha value is -1.79. The van der Waals surface area contributed by atoms with E-state index in [9.17, 15) is 9.59 Å². The third kappa shape index (κ3) is 7.34. The van der Waals surface area contributed by atoms with Crippen LogP contribution in [0.4, 0.5) is 4.79 Å². The van der Waals surface area contributed by atoms with Gasteiger partial charge in [0.25, 0.3) is 0 Å². The largest absolute Gasteiger partial charge is 0.496 e. The minimum Gasteiger partial charge on any atom is -0.496 e. The highest BCUT2D eigenvalue weighted by Crippen LogP contribution is 2.23. The van der Waals surface area contributed by atoms with Crippen molar-refractivity contribution in [2.45, 2.75) is 32.9 Å². The fourth-order valence-corrected chi connectivity index (χ4v) is 2.20. The van der Waals surface area contributed by atoms with E-state index in [1.54, 1.807) is 37.3 Å². The van der Waals surface area contributed by atoms with E-state index in [4.69, 9.17) is 16.3 Å². The molecule has 1 rings (SSSR count). The van der Waals surface area contributed by atoms with Gasteiger partial charge in [0.1, 0.15) is 5.75 Å². The summed E-state index contributed by atoms with van der Waals surface area (Å²) in [6.45, 7) is 6.07. The molecule has 0 aliphatic rings.